The number of ether oxygens (including phenoxy) is 2. The van der Waals surface area contributed by atoms with E-state index >= 15 is 0 Å². The number of imide groups is 1. The molecule has 0 saturated carbocycles. The Morgan fingerprint density at radius 2 is 2.03 bits per heavy atom. The fourth-order valence-electron chi connectivity index (χ4n) is 3.78. The van der Waals surface area contributed by atoms with Crippen molar-refractivity contribution >= 4 is 27.7 Å². The van der Waals surface area contributed by atoms with Gasteiger partial charge in [-0.2, -0.15) is 0 Å². The van der Waals surface area contributed by atoms with Gasteiger partial charge in [0, 0.05) is 13.1 Å². The second kappa shape index (κ2) is 6.61. The molecule has 1 N–H and O–H groups in total. The summed E-state index contributed by atoms with van der Waals surface area (Å²) in [5.74, 6) is -0.116. The van der Waals surface area contributed by atoms with Crippen LogP contribution in [0.2, 0.25) is 0 Å². The van der Waals surface area contributed by atoms with Crippen LogP contribution in [-0.2, 0) is 25.0 Å². The van der Waals surface area contributed by atoms with E-state index in [0.717, 1.165) is 4.90 Å². The SMILES string of the molecule is CN(C(=O)CN1C(=O)N[C@@](C)(c2ccc3c(c2)OCO3)C1=O)[C@H]1CCS(=O)(=O)C1. The van der Waals surface area contributed by atoms with Crippen molar-refractivity contribution in [1.82, 2.24) is 15.1 Å². The Kier molecular flexibility index (Phi) is 4.45. The molecule has 10 nitrogen and oxygen atoms in total. The molecule has 0 unspecified atom stereocenters. The van der Waals surface area contributed by atoms with Crippen LogP contribution in [0.5, 0.6) is 11.5 Å². The van der Waals surface area contributed by atoms with Crippen molar-refractivity contribution in [2.24, 2.45) is 0 Å². The van der Waals surface area contributed by atoms with Gasteiger partial charge in [-0.25, -0.2) is 13.2 Å². The molecule has 0 radical (unpaired) electrons. The zero-order valence-electron chi connectivity index (χ0n) is 16.0. The lowest BCUT2D eigenvalue weighted by molar-refractivity contribution is -0.139. The summed E-state index contributed by atoms with van der Waals surface area (Å²) < 4.78 is 33.9. The van der Waals surface area contributed by atoms with Gasteiger partial charge in [0.05, 0.1) is 11.5 Å². The molecule has 2 fully saturated rings. The lowest BCUT2D eigenvalue weighted by Crippen LogP contribution is -2.46. The number of amides is 4. The van der Waals surface area contributed by atoms with Gasteiger partial charge >= 0.3 is 6.03 Å². The summed E-state index contributed by atoms with van der Waals surface area (Å²) in [4.78, 5) is 40.3. The summed E-state index contributed by atoms with van der Waals surface area (Å²) in [5, 5.41) is 2.64. The van der Waals surface area contributed by atoms with Crippen molar-refractivity contribution in [3.05, 3.63) is 23.8 Å². The number of hydrogen-bond acceptors (Lipinski definition) is 7. The number of urea groups is 1. The summed E-state index contributed by atoms with van der Waals surface area (Å²) >= 11 is 0. The molecule has 0 aliphatic carbocycles. The fraction of sp³-hybridized carbons (Fsp3) is 0.500. The molecule has 3 aliphatic rings. The maximum atomic E-state index is 13.0. The molecule has 3 heterocycles. The van der Waals surface area contributed by atoms with Gasteiger partial charge in [-0.3, -0.25) is 14.5 Å². The Labute approximate surface area is 167 Å². The quantitative estimate of drug-likeness (QED) is 0.667. The van der Waals surface area contributed by atoms with Crippen LogP contribution in [0.25, 0.3) is 0 Å². The van der Waals surface area contributed by atoms with Crippen molar-refractivity contribution in [2.45, 2.75) is 24.9 Å². The molecule has 156 valence electrons. The summed E-state index contributed by atoms with van der Waals surface area (Å²) in [7, 11) is -1.67. The van der Waals surface area contributed by atoms with E-state index in [2.05, 4.69) is 5.32 Å². The van der Waals surface area contributed by atoms with E-state index in [9.17, 15) is 22.8 Å². The first-order valence-corrected chi connectivity index (χ1v) is 10.9. The van der Waals surface area contributed by atoms with Gasteiger partial charge in [-0.15, -0.1) is 0 Å². The smallest absolute Gasteiger partial charge is 0.325 e. The fourth-order valence-corrected chi connectivity index (χ4v) is 5.55. The normalized spacial score (nSPS) is 27.2. The highest BCUT2D eigenvalue weighted by molar-refractivity contribution is 7.91. The van der Waals surface area contributed by atoms with Gasteiger partial charge < -0.3 is 19.7 Å². The molecule has 4 amide bonds. The Bertz CT molecular complexity index is 1010. The minimum Gasteiger partial charge on any atom is -0.454 e. The van der Waals surface area contributed by atoms with Crippen molar-refractivity contribution < 1.29 is 32.3 Å². The molecule has 0 aromatic heterocycles. The zero-order chi connectivity index (χ0) is 21.0. The molecular weight excluding hydrogens is 402 g/mol. The van der Waals surface area contributed by atoms with Crippen LogP contribution in [-0.4, -0.2) is 74.0 Å². The van der Waals surface area contributed by atoms with Crippen LogP contribution < -0.4 is 14.8 Å². The van der Waals surface area contributed by atoms with E-state index in [-0.39, 0.29) is 18.3 Å². The van der Waals surface area contributed by atoms with Crippen molar-refractivity contribution in [3.63, 3.8) is 0 Å². The summed E-state index contributed by atoms with van der Waals surface area (Å²) in [6, 6.07) is 3.81. The zero-order valence-corrected chi connectivity index (χ0v) is 16.8. The number of carbonyl (C=O) groups is 3. The first-order chi connectivity index (χ1) is 13.6. The summed E-state index contributed by atoms with van der Waals surface area (Å²) in [6.07, 6.45) is 0.347. The maximum absolute atomic E-state index is 13.0. The van der Waals surface area contributed by atoms with Gasteiger partial charge in [0.15, 0.2) is 21.3 Å². The molecule has 2 saturated heterocycles. The van der Waals surface area contributed by atoms with Gasteiger partial charge in [-0.05, 0) is 31.0 Å². The molecule has 1 aromatic rings. The molecular formula is C18H21N3O7S. The molecule has 29 heavy (non-hydrogen) atoms. The highest BCUT2D eigenvalue weighted by Crippen LogP contribution is 2.37. The third kappa shape index (κ3) is 3.28. The van der Waals surface area contributed by atoms with E-state index in [1.54, 1.807) is 25.1 Å². The number of nitrogens with zero attached hydrogens (tertiary/aromatic N) is 2. The number of nitrogens with one attached hydrogen (secondary N) is 1. The van der Waals surface area contributed by atoms with Crippen LogP contribution in [0.4, 0.5) is 4.79 Å². The number of hydrogen-bond donors (Lipinski definition) is 1. The predicted molar refractivity (Wildman–Crippen MR) is 100.0 cm³/mol. The van der Waals surface area contributed by atoms with E-state index in [1.165, 1.54) is 11.9 Å². The number of sulfone groups is 1. The summed E-state index contributed by atoms with van der Waals surface area (Å²) in [6.45, 7) is 1.18. The monoisotopic (exact) mass is 423 g/mol. The minimum absolute atomic E-state index is 0.0284. The number of carbonyl (C=O) groups excluding carboxylic acids is 3. The lowest BCUT2D eigenvalue weighted by atomic mass is 9.91. The highest BCUT2D eigenvalue weighted by Gasteiger charge is 2.50. The molecule has 0 spiro atoms. The van der Waals surface area contributed by atoms with Crippen LogP contribution in [0, 0.1) is 0 Å². The predicted octanol–water partition coefficient (Wildman–Crippen LogP) is -0.172. The number of benzene rings is 1. The molecule has 11 heteroatoms. The van der Waals surface area contributed by atoms with Crippen molar-refractivity contribution in [1.29, 1.82) is 0 Å². The van der Waals surface area contributed by atoms with Gasteiger partial charge in [0.1, 0.15) is 12.1 Å². The van der Waals surface area contributed by atoms with Gasteiger partial charge in [-0.1, -0.05) is 6.07 Å². The Balaban J connectivity index is 1.50. The Morgan fingerprint density at radius 1 is 1.31 bits per heavy atom. The van der Waals surface area contributed by atoms with Crippen LogP contribution in [0.1, 0.15) is 18.9 Å². The standard InChI is InChI=1S/C18H21N3O7S/c1-18(11-3-4-13-14(7-11)28-10-27-13)16(23)21(17(24)19-18)8-15(22)20(2)12-5-6-29(25,26)9-12/h3-4,7,12H,5-6,8-10H2,1-2H3,(H,19,24)/t12-,18-/m0/s1. The number of fused-ring (bicyclic) bond motifs is 1. The minimum atomic E-state index is -3.16. The van der Waals surface area contributed by atoms with Crippen molar-refractivity contribution in [3.8, 4) is 11.5 Å². The van der Waals surface area contributed by atoms with Crippen LogP contribution in [0.15, 0.2) is 18.2 Å². The summed E-state index contributed by atoms with van der Waals surface area (Å²) in [5.41, 5.74) is -0.849. The molecule has 4 rings (SSSR count). The van der Waals surface area contributed by atoms with Crippen molar-refractivity contribution in [2.75, 3.05) is 31.9 Å². The van der Waals surface area contributed by atoms with Crippen LogP contribution in [0.3, 0.4) is 0 Å². The molecule has 2 atom stereocenters. The van der Waals surface area contributed by atoms with Gasteiger partial charge in [0.2, 0.25) is 12.7 Å². The van der Waals surface area contributed by atoms with E-state index < -0.39 is 45.8 Å². The molecule has 1 aromatic carbocycles. The van der Waals surface area contributed by atoms with E-state index in [1.807, 2.05) is 0 Å². The Hall–Kier alpha value is -2.82. The average molecular weight is 423 g/mol. The maximum Gasteiger partial charge on any atom is 0.325 e. The van der Waals surface area contributed by atoms with Gasteiger partial charge in [0.25, 0.3) is 5.91 Å². The first kappa shape index (κ1) is 19.5. The Morgan fingerprint density at radius 3 is 2.72 bits per heavy atom. The average Bonchev–Trinajstić information content (AvgIpc) is 3.34. The largest absolute Gasteiger partial charge is 0.454 e. The third-order valence-corrected chi connectivity index (χ3v) is 7.42. The topological polar surface area (TPSA) is 122 Å². The van der Waals surface area contributed by atoms with Crippen LogP contribution >= 0.6 is 0 Å². The highest BCUT2D eigenvalue weighted by atomic mass is 32.2. The van der Waals surface area contributed by atoms with E-state index in [0.29, 0.717) is 23.5 Å². The number of rotatable bonds is 4. The third-order valence-electron chi connectivity index (χ3n) is 5.67. The lowest BCUT2D eigenvalue weighted by Gasteiger charge is -2.26. The second-order valence-electron chi connectivity index (χ2n) is 7.58. The number of likely N-dealkylation sites (N-methyl/N-ethyl adjacent to an activating group) is 1. The second-order valence-corrected chi connectivity index (χ2v) is 9.80. The van der Waals surface area contributed by atoms with E-state index in [4.69, 9.17) is 9.47 Å². The molecule has 3 aliphatic heterocycles. The first-order valence-electron chi connectivity index (χ1n) is 9.11. The molecule has 0 bridgehead atoms.